The molecule has 0 fully saturated rings. The first kappa shape index (κ1) is 9.14. The molecule has 1 atom stereocenters. The Bertz CT molecular complexity index is 121. The van der Waals surface area contributed by atoms with Gasteiger partial charge in [0.25, 0.3) is 0 Å². The van der Waals surface area contributed by atoms with Gasteiger partial charge < -0.3 is 4.74 Å². The van der Waals surface area contributed by atoms with Gasteiger partial charge in [0.2, 0.25) is 0 Å². The summed E-state index contributed by atoms with van der Waals surface area (Å²) in [7, 11) is 0. The number of hydrogen-bond donors (Lipinski definition) is 1. The van der Waals surface area contributed by atoms with Gasteiger partial charge in [-0.25, -0.2) is 0 Å². The molecule has 0 heterocycles. The van der Waals surface area contributed by atoms with Crippen LogP contribution in [0.1, 0.15) is 20.8 Å². The van der Waals surface area contributed by atoms with Gasteiger partial charge in [0.15, 0.2) is 12.8 Å². The molecule has 0 spiro atoms. The van der Waals surface area contributed by atoms with E-state index >= 15 is 0 Å². The summed E-state index contributed by atoms with van der Waals surface area (Å²) >= 11 is 0. The zero-order valence-electron chi connectivity index (χ0n) is 6.66. The van der Waals surface area contributed by atoms with E-state index in [1.165, 1.54) is 6.40 Å². The predicted molar refractivity (Wildman–Crippen MR) is 42.7 cm³/mol. The van der Waals surface area contributed by atoms with Crippen molar-refractivity contribution < 1.29 is 4.74 Å². The molecule has 0 bridgehead atoms. The van der Waals surface area contributed by atoms with Gasteiger partial charge in [-0.1, -0.05) is 13.8 Å². The van der Waals surface area contributed by atoms with Crippen LogP contribution in [0.2, 0.25) is 0 Å². The molecule has 0 aliphatic rings. The highest BCUT2D eigenvalue weighted by atomic mass is 16.5. The Morgan fingerprint density at radius 1 is 1.40 bits per heavy atom. The standard InChI is InChI=1S/C7H14N2O/c1-6(2)7(3)9-5-10-4-8/h4-8H,1-3H3. The molecular weight excluding hydrogens is 128 g/mol. The van der Waals surface area contributed by atoms with E-state index in [2.05, 4.69) is 23.6 Å². The van der Waals surface area contributed by atoms with Crippen LogP contribution in [-0.4, -0.2) is 18.8 Å². The summed E-state index contributed by atoms with van der Waals surface area (Å²) in [5.41, 5.74) is 0. The summed E-state index contributed by atoms with van der Waals surface area (Å²) in [6.07, 6.45) is 2.16. The highest BCUT2D eigenvalue weighted by molar-refractivity contribution is 5.61. The second kappa shape index (κ2) is 4.97. The molecule has 0 aliphatic heterocycles. The molecule has 0 radical (unpaired) electrons. The molecule has 58 valence electrons. The fourth-order valence-corrected chi connectivity index (χ4v) is 0.334. The maximum absolute atomic E-state index is 6.52. The van der Waals surface area contributed by atoms with Gasteiger partial charge in [-0.15, -0.1) is 0 Å². The third kappa shape index (κ3) is 4.06. The fourth-order valence-electron chi connectivity index (χ4n) is 0.334. The van der Waals surface area contributed by atoms with Crippen molar-refractivity contribution in [3.63, 3.8) is 0 Å². The quantitative estimate of drug-likeness (QED) is 0.471. The Morgan fingerprint density at radius 3 is 2.40 bits per heavy atom. The van der Waals surface area contributed by atoms with Gasteiger partial charge in [0.05, 0.1) is 6.04 Å². The largest absolute Gasteiger partial charge is 0.435 e. The molecule has 0 aromatic heterocycles. The van der Waals surface area contributed by atoms with E-state index in [-0.39, 0.29) is 6.04 Å². The van der Waals surface area contributed by atoms with Crippen molar-refractivity contribution in [2.45, 2.75) is 26.8 Å². The minimum Gasteiger partial charge on any atom is -0.435 e. The highest BCUT2D eigenvalue weighted by Gasteiger charge is 2.01. The molecule has 0 saturated heterocycles. The van der Waals surface area contributed by atoms with Crippen LogP contribution in [-0.2, 0) is 4.74 Å². The van der Waals surface area contributed by atoms with E-state index in [0.717, 1.165) is 6.40 Å². The van der Waals surface area contributed by atoms with Crippen molar-refractivity contribution in [3.8, 4) is 0 Å². The lowest BCUT2D eigenvalue weighted by molar-refractivity contribution is 0.511. The molecule has 1 N–H and O–H groups in total. The number of ether oxygens (including phenoxy) is 1. The highest BCUT2D eigenvalue weighted by Crippen LogP contribution is 2.03. The lowest BCUT2D eigenvalue weighted by Crippen LogP contribution is -2.07. The van der Waals surface area contributed by atoms with Crippen molar-refractivity contribution in [1.82, 2.24) is 0 Å². The molecule has 0 aromatic carbocycles. The van der Waals surface area contributed by atoms with Crippen LogP contribution in [0.5, 0.6) is 0 Å². The van der Waals surface area contributed by atoms with Crippen LogP contribution >= 0.6 is 0 Å². The lowest BCUT2D eigenvalue weighted by Gasteiger charge is -2.07. The third-order valence-corrected chi connectivity index (χ3v) is 1.39. The first-order chi connectivity index (χ1) is 4.68. The summed E-state index contributed by atoms with van der Waals surface area (Å²) in [4.78, 5) is 4.01. The van der Waals surface area contributed by atoms with Gasteiger partial charge >= 0.3 is 0 Å². The Labute approximate surface area is 61.6 Å². The van der Waals surface area contributed by atoms with E-state index in [0.29, 0.717) is 5.92 Å². The molecule has 1 unspecified atom stereocenters. The van der Waals surface area contributed by atoms with Crippen LogP contribution in [0, 0.1) is 11.3 Å². The number of hydrogen-bond acceptors (Lipinski definition) is 3. The van der Waals surface area contributed by atoms with Gasteiger partial charge in [0, 0.05) is 0 Å². The summed E-state index contributed by atoms with van der Waals surface area (Å²) < 4.78 is 4.50. The SMILES string of the molecule is CC(C)C(C)N=COC=N. The third-order valence-electron chi connectivity index (χ3n) is 1.39. The van der Waals surface area contributed by atoms with E-state index in [1.54, 1.807) is 0 Å². The smallest absolute Gasteiger partial charge is 0.178 e. The minimum absolute atomic E-state index is 0.264. The second-order valence-electron chi connectivity index (χ2n) is 2.49. The fraction of sp³-hybridized carbons (Fsp3) is 0.714. The predicted octanol–water partition coefficient (Wildman–Crippen LogP) is 1.68. The molecule has 0 aliphatic carbocycles. The molecular formula is C7H14N2O. The van der Waals surface area contributed by atoms with Gasteiger partial charge in [-0.3, -0.25) is 10.4 Å². The van der Waals surface area contributed by atoms with Crippen LogP contribution in [0.4, 0.5) is 0 Å². The van der Waals surface area contributed by atoms with Crippen LogP contribution in [0.15, 0.2) is 4.99 Å². The topological polar surface area (TPSA) is 45.4 Å². The summed E-state index contributed by atoms with van der Waals surface area (Å²) in [5.74, 6) is 0.519. The van der Waals surface area contributed by atoms with Crippen molar-refractivity contribution in [3.05, 3.63) is 0 Å². The summed E-state index contributed by atoms with van der Waals surface area (Å²) in [6, 6.07) is 0.264. The molecule has 0 amide bonds. The number of nitrogens with zero attached hydrogens (tertiary/aromatic N) is 1. The van der Waals surface area contributed by atoms with E-state index < -0.39 is 0 Å². The Morgan fingerprint density at radius 2 is 2.00 bits per heavy atom. The van der Waals surface area contributed by atoms with Gasteiger partial charge in [-0.05, 0) is 12.8 Å². The number of rotatable bonds is 4. The lowest BCUT2D eigenvalue weighted by atomic mass is 10.1. The molecule has 3 heteroatoms. The average molecular weight is 142 g/mol. The molecule has 0 rings (SSSR count). The molecule has 10 heavy (non-hydrogen) atoms. The van der Waals surface area contributed by atoms with Crippen molar-refractivity contribution in [2.75, 3.05) is 0 Å². The van der Waals surface area contributed by atoms with Gasteiger partial charge in [-0.2, -0.15) is 0 Å². The van der Waals surface area contributed by atoms with Crippen LogP contribution in [0.25, 0.3) is 0 Å². The van der Waals surface area contributed by atoms with Crippen molar-refractivity contribution in [2.24, 2.45) is 10.9 Å². The Kier molecular flexibility index (Phi) is 4.54. The second-order valence-corrected chi connectivity index (χ2v) is 2.49. The maximum atomic E-state index is 6.52. The Hall–Kier alpha value is -0.860. The minimum atomic E-state index is 0.264. The molecule has 3 nitrogen and oxygen atoms in total. The van der Waals surface area contributed by atoms with Gasteiger partial charge in [0.1, 0.15) is 0 Å². The number of nitrogens with one attached hydrogen (secondary N) is 1. The summed E-state index contributed by atoms with van der Waals surface area (Å²) in [5, 5.41) is 6.52. The normalized spacial score (nSPS) is 14.0. The summed E-state index contributed by atoms with van der Waals surface area (Å²) in [6.45, 7) is 6.19. The zero-order chi connectivity index (χ0) is 7.98. The average Bonchev–Trinajstić information content (AvgIpc) is 1.88. The first-order valence-corrected chi connectivity index (χ1v) is 3.34. The first-order valence-electron chi connectivity index (χ1n) is 3.34. The number of aliphatic imine (C=N–C) groups is 1. The van der Waals surface area contributed by atoms with E-state index in [1.807, 2.05) is 6.92 Å². The molecule has 0 saturated carbocycles. The zero-order valence-corrected chi connectivity index (χ0v) is 6.66. The van der Waals surface area contributed by atoms with Crippen molar-refractivity contribution in [1.29, 1.82) is 5.41 Å². The van der Waals surface area contributed by atoms with Crippen molar-refractivity contribution >= 4 is 12.8 Å². The van der Waals surface area contributed by atoms with E-state index in [4.69, 9.17) is 5.41 Å². The Balaban J connectivity index is 3.54. The monoisotopic (exact) mass is 142 g/mol. The molecule has 0 aromatic rings. The maximum Gasteiger partial charge on any atom is 0.178 e. The van der Waals surface area contributed by atoms with Crippen LogP contribution in [0.3, 0.4) is 0 Å². The van der Waals surface area contributed by atoms with Crippen LogP contribution < -0.4 is 0 Å². The van der Waals surface area contributed by atoms with E-state index in [9.17, 15) is 0 Å².